The van der Waals surface area contributed by atoms with E-state index >= 15 is 0 Å². The number of hydrogen-bond donors (Lipinski definition) is 2. The summed E-state index contributed by atoms with van der Waals surface area (Å²) in [4.78, 5) is 12.1. The van der Waals surface area contributed by atoms with Crippen molar-refractivity contribution in [3.05, 3.63) is 42.5 Å². The number of para-hydroxylation sites is 1. The molecule has 0 aromatic heterocycles. The van der Waals surface area contributed by atoms with Gasteiger partial charge in [-0.15, -0.1) is 0 Å². The summed E-state index contributed by atoms with van der Waals surface area (Å²) in [5, 5.41) is 20.6. The molecule has 0 spiro atoms. The second-order valence-electron chi connectivity index (χ2n) is 7.26. The summed E-state index contributed by atoms with van der Waals surface area (Å²) in [6, 6.07) is 9.46. The standard InChI is InChI=1S/C21H28O5/c22-19-13-20(23)18-12-11-16(14-25-15-7-3-1-4-8-15)26-21(24)10-6-2-5-9-17(18)19/h1-5,7-8,16-20,22-23H,6,9-14H2/b5-2-/t16?,17-,18?,19+,20-/m1/s1. The fourth-order valence-electron chi connectivity index (χ4n) is 3.98. The van der Waals surface area contributed by atoms with Crippen LogP contribution >= 0.6 is 0 Å². The minimum Gasteiger partial charge on any atom is -0.490 e. The van der Waals surface area contributed by atoms with Crippen LogP contribution in [-0.4, -0.2) is 41.1 Å². The van der Waals surface area contributed by atoms with Gasteiger partial charge in [-0.3, -0.25) is 4.79 Å². The van der Waals surface area contributed by atoms with E-state index in [0.29, 0.717) is 38.7 Å². The molecule has 1 aromatic rings. The van der Waals surface area contributed by atoms with Crippen LogP contribution < -0.4 is 4.74 Å². The summed E-state index contributed by atoms with van der Waals surface area (Å²) in [6.45, 7) is 0.293. The van der Waals surface area contributed by atoms with Gasteiger partial charge in [-0.1, -0.05) is 30.4 Å². The average molecular weight is 360 g/mol. The van der Waals surface area contributed by atoms with Crippen molar-refractivity contribution in [2.45, 2.75) is 56.8 Å². The van der Waals surface area contributed by atoms with E-state index in [2.05, 4.69) is 0 Å². The highest BCUT2D eigenvalue weighted by Crippen LogP contribution is 2.38. The first kappa shape index (κ1) is 18.9. The summed E-state index contributed by atoms with van der Waals surface area (Å²) in [5.74, 6) is 0.603. The van der Waals surface area contributed by atoms with Crippen LogP contribution in [0.1, 0.15) is 38.5 Å². The number of allylic oxidation sites excluding steroid dienone is 2. The summed E-state index contributed by atoms with van der Waals surface area (Å²) in [5.41, 5.74) is 0. The molecule has 0 radical (unpaired) electrons. The van der Waals surface area contributed by atoms with Gasteiger partial charge in [-0.05, 0) is 56.1 Å². The van der Waals surface area contributed by atoms with Crippen LogP contribution in [0.5, 0.6) is 5.75 Å². The molecule has 0 amide bonds. The van der Waals surface area contributed by atoms with Crippen LogP contribution in [-0.2, 0) is 9.53 Å². The number of hydrogen-bond acceptors (Lipinski definition) is 5. The van der Waals surface area contributed by atoms with Crippen molar-refractivity contribution in [2.24, 2.45) is 11.8 Å². The Hall–Kier alpha value is -1.85. The summed E-state index contributed by atoms with van der Waals surface area (Å²) in [6.07, 6.45) is 6.12. The Balaban J connectivity index is 1.66. The maximum absolute atomic E-state index is 12.1. The van der Waals surface area contributed by atoms with Crippen molar-refractivity contribution in [3.63, 3.8) is 0 Å². The number of ether oxygens (including phenoxy) is 2. The molecule has 5 nitrogen and oxygen atoms in total. The third-order valence-corrected chi connectivity index (χ3v) is 5.41. The maximum Gasteiger partial charge on any atom is 0.306 e. The van der Waals surface area contributed by atoms with E-state index in [1.165, 1.54) is 0 Å². The Morgan fingerprint density at radius 1 is 1.04 bits per heavy atom. The number of aliphatic hydroxyl groups is 2. The van der Waals surface area contributed by atoms with Gasteiger partial charge in [-0.2, -0.15) is 0 Å². The fraction of sp³-hybridized carbons (Fsp3) is 0.571. The van der Waals surface area contributed by atoms with E-state index in [1.807, 2.05) is 42.5 Å². The minimum absolute atomic E-state index is 0.0204. The Kier molecular flexibility index (Phi) is 6.69. The molecular weight excluding hydrogens is 332 g/mol. The zero-order valence-corrected chi connectivity index (χ0v) is 15.0. The first-order valence-corrected chi connectivity index (χ1v) is 9.52. The third kappa shape index (κ3) is 5.08. The molecule has 1 aliphatic heterocycles. The second kappa shape index (κ2) is 9.19. The van der Waals surface area contributed by atoms with Gasteiger partial charge in [0.2, 0.25) is 0 Å². The lowest BCUT2D eigenvalue weighted by Crippen LogP contribution is -2.29. The number of cyclic esters (lactones) is 1. The molecule has 1 saturated carbocycles. The Morgan fingerprint density at radius 2 is 1.81 bits per heavy atom. The number of aliphatic hydroxyl groups excluding tert-OH is 2. The highest BCUT2D eigenvalue weighted by Gasteiger charge is 2.41. The zero-order chi connectivity index (χ0) is 18.4. The Morgan fingerprint density at radius 3 is 2.62 bits per heavy atom. The average Bonchev–Trinajstić information content (AvgIpc) is 2.89. The molecule has 142 valence electrons. The van der Waals surface area contributed by atoms with Crippen molar-refractivity contribution in [1.82, 2.24) is 0 Å². The van der Waals surface area contributed by atoms with Gasteiger partial charge in [0.15, 0.2) is 0 Å². The van der Waals surface area contributed by atoms with E-state index in [4.69, 9.17) is 9.47 Å². The summed E-state index contributed by atoms with van der Waals surface area (Å²) >= 11 is 0. The van der Waals surface area contributed by atoms with Crippen molar-refractivity contribution in [2.75, 3.05) is 6.61 Å². The van der Waals surface area contributed by atoms with Crippen molar-refractivity contribution in [1.29, 1.82) is 0 Å². The highest BCUT2D eigenvalue weighted by atomic mass is 16.6. The Bertz CT molecular complexity index is 600. The second-order valence-corrected chi connectivity index (χ2v) is 7.26. The van der Waals surface area contributed by atoms with Gasteiger partial charge in [0.1, 0.15) is 18.5 Å². The molecule has 2 N–H and O–H groups in total. The third-order valence-electron chi connectivity index (χ3n) is 5.41. The molecule has 5 atom stereocenters. The van der Waals surface area contributed by atoms with E-state index < -0.39 is 12.2 Å². The molecule has 1 aromatic carbocycles. The largest absolute Gasteiger partial charge is 0.490 e. The predicted molar refractivity (Wildman–Crippen MR) is 97.7 cm³/mol. The number of carbonyl (C=O) groups is 1. The highest BCUT2D eigenvalue weighted by molar-refractivity contribution is 5.69. The number of esters is 1. The number of carbonyl (C=O) groups excluding carboxylic acids is 1. The van der Waals surface area contributed by atoms with Gasteiger partial charge >= 0.3 is 5.97 Å². The maximum atomic E-state index is 12.1. The number of rotatable bonds is 3. The molecule has 3 rings (SSSR count). The smallest absolute Gasteiger partial charge is 0.306 e. The minimum atomic E-state index is -0.502. The van der Waals surface area contributed by atoms with E-state index in [-0.39, 0.29) is 23.9 Å². The molecular formula is C21H28O5. The van der Waals surface area contributed by atoms with Crippen LogP contribution in [0.2, 0.25) is 0 Å². The summed E-state index contributed by atoms with van der Waals surface area (Å²) in [7, 11) is 0. The monoisotopic (exact) mass is 360 g/mol. The van der Waals surface area contributed by atoms with Crippen LogP contribution in [0.3, 0.4) is 0 Å². The SMILES string of the molecule is O=C1CC/C=C\C[C@@H]2C(CCC(COc3ccccc3)O1)[C@H](O)C[C@@H]2O. The van der Waals surface area contributed by atoms with E-state index in [0.717, 1.165) is 12.2 Å². The van der Waals surface area contributed by atoms with E-state index in [9.17, 15) is 15.0 Å². The first-order chi connectivity index (χ1) is 12.6. The van der Waals surface area contributed by atoms with Crippen LogP contribution in [0, 0.1) is 11.8 Å². The number of benzene rings is 1. The van der Waals surface area contributed by atoms with Gasteiger partial charge in [0.25, 0.3) is 0 Å². The normalized spacial score (nSPS) is 34.1. The molecule has 26 heavy (non-hydrogen) atoms. The van der Waals surface area contributed by atoms with Crippen molar-refractivity contribution >= 4 is 5.97 Å². The molecule has 1 aliphatic carbocycles. The lowest BCUT2D eigenvalue weighted by atomic mass is 9.86. The van der Waals surface area contributed by atoms with Crippen LogP contribution in [0.25, 0.3) is 0 Å². The molecule has 2 unspecified atom stereocenters. The first-order valence-electron chi connectivity index (χ1n) is 9.52. The lowest BCUT2D eigenvalue weighted by molar-refractivity contribution is -0.151. The van der Waals surface area contributed by atoms with E-state index in [1.54, 1.807) is 0 Å². The van der Waals surface area contributed by atoms with Crippen LogP contribution in [0.4, 0.5) is 0 Å². The molecule has 1 heterocycles. The summed E-state index contributed by atoms with van der Waals surface area (Å²) < 4.78 is 11.4. The Labute approximate surface area is 154 Å². The molecule has 0 bridgehead atoms. The fourth-order valence-corrected chi connectivity index (χ4v) is 3.98. The van der Waals surface area contributed by atoms with Crippen LogP contribution in [0.15, 0.2) is 42.5 Å². The quantitative estimate of drug-likeness (QED) is 0.640. The molecule has 2 aliphatic rings. The van der Waals surface area contributed by atoms with Gasteiger partial charge in [-0.25, -0.2) is 0 Å². The predicted octanol–water partition coefficient (Wildman–Crippen LogP) is 2.86. The zero-order valence-electron chi connectivity index (χ0n) is 15.0. The lowest BCUT2D eigenvalue weighted by Gasteiger charge is -2.25. The molecule has 1 fully saturated rings. The van der Waals surface area contributed by atoms with Crippen molar-refractivity contribution < 1.29 is 24.5 Å². The van der Waals surface area contributed by atoms with Crippen molar-refractivity contribution in [3.8, 4) is 5.75 Å². The topological polar surface area (TPSA) is 76.0 Å². The van der Waals surface area contributed by atoms with Gasteiger partial charge in [0, 0.05) is 6.42 Å². The van der Waals surface area contributed by atoms with Gasteiger partial charge < -0.3 is 19.7 Å². The number of fused-ring (bicyclic) bond motifs is 1. The van der Waals surface area contributed by atoms with Gasteiger partial charge in [0.05, 0.1) is 12.2 Å². The molecule has 5 heteroatoms. The molecule has 0 saturated heterocycles.